The van der Waals surface area contributed by atoms with Crippen molar-refractivity contribution in [1.82, 2.24) is 9.88 Å². The van der Waals surface area contributed by atoms with Gasteiger partial charge in [0.05, 0.1) is 13.2 Å². The van der Waals surface area contributed by atoms with E-state index in [1.54, 1.807) is 17.3 Å². The van der Waals surface area contributed by atoms with Gasteiger partial charge in [-0.25, -0.2) is 4.79 Å². The molecular formula is C14H19BrN2O3. The SMILES string of the molecule is CC(C)(C)OC(=O)N1CCOC(c2cnccc2Br)C1. The first-order valence-electron chi connectivity index (χ1n) is 6.56. The minimum Gasteiger partial charge on any atom is -0.444 e. The van der Waals surface area contributed by atoms with E-state index in [1.807, 2.05) is 26.8 Å². The number of halogens is 1. The first kappa shape index (κ1) is 15.3. The lowest BCUT2D eigenvalue weighted by Crippen LogP contribution is -2.44. The molecule has 1 amide bonds. The Balaban J connectivity index is 2.06. The summed E-state index contributed by atoms with van der Waals surface area (Å²) in [5, 5.41) is 0. The lowest BCUT2D eigenvalue weighted by molar-refractivity contribution is -0.0436. The molecule has 1 saturated heterocycles. The molecule has 1 aromatic heterocycles. The summed E-state index contributed by atoms with van der Waals surface area (Å²) >= 11 is 3.48. The fourth-order valence-corrected chi connectivity index (χ4v) is 2.43. The molecule has 0 bridgehead atoms. The second kappa shape index (κ2) is 6.10. The number of rotatable bonds is 1. The van der Waals surface area contributed by atoms with Crippen molar-refractivity contribution in [2.45, 2.75) is 32.5 Å². The van der Waals surface area contributed by atoms with E-state index in [0.29, 0.717) is 19.7 Å². The molecule has 0 saturated carbocycles. The van der Waals surface area contributed by atoms with Gasteiger partial charge in [0.25, 0.3) is 0 Å². The molecule has 0 spiro atoms. The van der Waals surface area contributed by atoms with Crippen LogP contribution in [0.5, 0.6) is 0 Å². The molecule has 1 atom stereocenters. The van der Waals surface area contributed by atoms with Gasteiger partial charge in [-0.15, -0.1) is 0 Å². The number of carbonyl (C=O) groups excluding carboxylic acids is 1. The van der Waals surface area contributed by atoms with Crippen LogP contribution in [0.3, 0.4) is 0 Å². The zero-order chi connectivity index (χ0) is 14.8. The topological polar surface area (TPSA) is 51.7 Å². The minimum atomic E-state index is -0.486. The van der Waals surface area contributed by atoms with Crippen LogP contribution in [0, 0.1) is 0 Å². The van der Waals surface area contributed by atoms with Crippen LogP contribution < -0.4 is 0 Å². The van der Waals surface area contributed by atoms with Crippen LogP contribution in [-0.2, 0) is 9.47 Å². The third-order valence-corrected chi connectivity index (χ3v) is 3.58. The maximum absolute atomic E-state index is 12.1. The van der Waals surface area contributed by atoms with Crippen molar-refractivity contribution in [2.24, 2.45) is 0 Å². The second-order valence-corrected chi connectivity index (χ2v) is 6.54. The lowest BCUT2D eigenvalue weighted by Gasteiger charge is -2.34. The number of morpholine rings is 1. The summed E-state index contributed by atoms with van der Waals surface area (Å²) in [6.07, 6.45) is 2.99. The molecule has 1 aliphatic heterocycles. The van der Waals surface area contributed by atoms with Crippen molar-refractivity contribution in [3.63, 3.8) is 0 Å². The third-order valence-electron chi connectivity index (χ3n) is 2.86. The summed E-state index contributed by atoms with van der Waals surface area (Å²) in [7, 11) is 0. The van der Waals surface area contributed by atoms with Crippen molar-refractivity contribution in [2.75, 3.05) is 19.7 Å². The number of carbonyl (C=O) groups is 1. The smallest absolute Gasteiger partial charge is 0.410 e. The van der Waals surface area contributed by atoms with Gasteiger partial charge in [0, 0.05) is 29.0 Å². The van der Waals surface area contributed by atoms with Gasteiger partial charge in [0.2, 0.25) is 0 Å². The van der Waals surface area contributed by atoms with E-state index >= 15 is 0 Å². The second-order valence-electron chi connectivity index (χ2n) is 5.68. The van der Waals surface area contributed by atoms with E-state index in [9.17, 15) is 4.79 Å². The van der Waals surface area contributed by atoms with Gasteiger partial charge in [-0.1, -0.05) is 15.9 Å². The molecule has 6 heteroatoms. The first-order valence-corrected chi connectivity index (χ1v) is 7.35. The van der Waals surface area contributed by atoms with E-state index in [1.165, 1.54) is 0 Å². The fourth-order valence-electron chi connectivity index (χ4n) is 1.96. The van der Waals surface area contributed by atoms with Crippen LogP contribution in [0.2, 0.25) is 0 Å². The Hall–Kier alpha value is -1.14. The number of ether oxygens (including phenoxy) is 2. The maximum atomic E-state index is 12.1. The quantitative estimate of drug-likeness (QED) is 0.786. The Bertz CT molecular complexity index is 488. The van der Waals surface area contributed by atoms with Crippen LogP contribution in [0.4, 0.5) is 4.79 Å². The highest BCUT2D eigenvalue weighted by Crippen LogP contribution is 2.28. The molecule has 110 valence electrons. The molecule has 0 aromatic carbocycles. The zero-order valence-electron chi connectivity index (χ0n) is 11.9. The number of nitrogens with zero attached hydrogens (tertiary/aromatic N) is 2. The largest absolute Gasteiger partial charge is 0.444 e. The standard InChI is InChI=1S/C14H19BrN2O3/c1-14(2,3)20-13(18)17-6-7-19-12(9-17)10-8-16-5-4-11(10)15/h4-5,8,12H,6-7,9H2,1-3H3. The molecule has 1 aromatic rings. The highest BCUT2D eigenvalue weighted by molar-refractivity contribution is 9.10. The molecular weight excluding hydrogens is 324 g/mol. The van der Waals surface area contributed by atoms with Gasteiger partial charge in [-0.3, -0.25) is 4.98 Å². The molecule has 1 aliphatic rings. The van der Waals surface area contributed by atoms with Crippen molar-refractivity contribution in [3.8, 4) is 0 Å². The monoisotopic (exact) mass is 342 g/mol. The van der Waals surface area contributed by atoms with Crippen LogP contribution in [0.1, 0.15) is 32.4 Å². The van der Waals surface area contributed by atoms with Gasteiger partial charge < -0.3 is 14.4 Å². The van der Waals surface area contributed by atoms with Crippen LogP contribution >= 0.6 is 15.9 Å². The molecule has 0 N–H and O–H groups in total. The summed E-state index contributed by atoms with van der Waals surface area (Å²) in [4.78, 5) is 17.9. The lowest BCUT2D eigenvalue weighted by atomic mass is 10.1. The van der Waals surface area contributed by atoms with E-state index in [4.69, 9.17) is 9.47 Å². The summed E-state index contributed by atoms with van der Waals surface area (Å²) < 4.78 is 12.1. The van der Waals surface area contributed by atoms with Crippen LogP contribution in [0.15, 0.2) is 22.9 Å². The number of pyridine rings is 1. The number of hydrogen-bond donors (Lipinski definition) is 0. The molecule has 5 nitrogen and oxygen atoms in total. The molecule has 1 unspecified atom stereocenters. The molecule has 0 aliphatic carbocycles. The van der Waals surface area contributed by atoms with Gasteiger partial charge in [0.1, 0.15) is 11.7 Å². The molecule has 1 fully saturated rings. The Labute approximate surface area is 127 Å². The molecule has 20 heavy (non-hydrogen) atoms. The molecule has 0 radical (unpaired) electrons. The Morgan fingerprint density at radius 3 is 2.95 bits per heavy atom. The third kappa shape index (κ3) is 3.93. The summed E-state index contributed by atoms with van der Waals surface area (Å²) in [5.74, 6) is 0. The van der Waals surface area contributed by atoms with Crippen molar-refractivity contribution >= 4 is 22.0 Å². The Morgan fingerprint density at radius 2 is 2.30 bits per heavy atom. The number of aromatic nitrogens is 1. The summed E-state index contributed by atoms with van der Waals surface area (Å²) in [6.45, 7) is 7.09. The van der Waals surface area contributed by atoms with Crippen LogP contribution in [0.25, 0.3) is 0 Å². The molecule has 2 heterocycles. The maximum Gasteiger partial charge on any atom is 0.410 e. The van der Waals surface area contributed by atoms with E-state index in [2.05, 4.69) is 20.9 Å². The normalized spacial score (nSPS) is 19.8. The predicted octanol–water partition coefficient (Wildman–Crippen LogP) is 3.15. The minimum absolute atomic E-state index is 0.181. The van der Waals surface area contributed by atoms with Gasteiger partial charge in [-0.2, -0.15) is 0 Å². The van der Waals surface area contributed by atoms with Crippen molar-refractivity contribution in [1.29, 1.82) is 0 Å². The van der Waals surface area contributed by atoms with Crippen molar-refractivity contribution in [3.05, 3.63) is 28.5 Å². The highest BCUT2D eigenvalue weighted by atomic mass is 79.9. The predicted molar refractivity (Wildman–Crippen MR) is 78.4 cm³/mol. The van der Waals surface area contributed by atoms with E-state index < -0.39 is 5.60 Å². The molecule has 2 rings (SSSR count). The summed E-state index contributed by atoms with van der Waals surface area (Å²) in [6, 6.07) is 1.87. The van der Waals surface area contributed by atoms with Gasteiger partial charge >= 0.3 is 6.09 Å². The Kier molecular flexibility index (Phi) is 4.65. The first-order chi connectivity index (χ1) is 9.37. The Morgan fingerprint density at radius 1 is 1.55 bits per heavy atom. The fraction of sp³-hybridized carbons (Fsp3) is 0.571. The summed E-state index contributed by atoms with van der Waals surface area (Å²) in [5.41, 5.74) is 0.459. The van der Waals surface area contributed by atoms with Gasteiger partial charge in [-0.05, 0) is 26.8 Å². The average Bonchev–Trinajstić information content (AvgIpc) is 2.37. The highest BCUT2D eigenvalue weighted by Gasteiger charge is 2.29. The zero-order valence-corrected chi connectivity index (χ0v) is 13.5. The number of hydrogen-bond acceptors (Lipinski definition) is 4. The number of amides is 1. The van der Waals surface area contributed by atoms with E-state index in [0.717, 1.165) is 10.0 Å². The van der Waals surface area contributed by atoms with Crippen LogP contribution in [-0.4, -0.2) is 41.3 Å². The van der Waals surface area contributed by atoms with E-state index in [-0.39, 0.29) is 12.2 Å². The van der Waals surface area contributed by atoms with Crippen molar-refractivity contribution < 1.29 is 14.3 Å². The average molecular weight is 343 g/mol. The van der Waals surface area contributed by atoms with Gasteiger partial charge in [0.15, 0.2) is 0 Å².